The number of hydrogen-bond acceptors (Lipinski definition) is 8. The van der Waals surface area contributed by atoms with Crippen LogP contribution in [0, 0.1) is 17.2 Å². The third kappa shape index (κ3) is 39.5. The van der Waals surface area contributed by atoms with Gasteiger partial charge in [0.15, 0.2) is 5.78 Å². The Bertz CT molecular complexity index is 582. The number of carbonyl (C=O) groups excluding carboxylic acids is 1. The summed E-state index contributed by atoms with van der Waals surface area (Å²) >= 11 is 21.8. The summed E-state index contributed by atoms with van der Waals surface area (Å²) in [7, 11) is 0.628. The summed E-state index contributed by atoms with van der Waals surface area (Å²) in [5.41, 5.74) is 13.4. The number of nitrogens with zero attached hydrogens (tertiary/aromatic N) is 1. The Labute approximate surface area is 317 Å². The van der Waals surface area contributed by atoms with Crippen molar-refractivity contribution in [2.45, 2.75) is 13.8 Å². The number of alkyl halides is 1. The molecule has 4 rings (SSSR count). The molecular weight excluding hydrogens is 1290 g/mol. The molecular formula is C20H36I6N3OS4V2. The molecule has 4 nitrogen and oxygen atoms in total. The van der Waals surface area contributed by atoms with E-state index >= 15 is 0 Å². The third-order valence-electron chi connectivity index (χ3n) is 3.63. The maximum absolute atomic E-state index is 9.88. The number of ketones is 1. The van der Waals surface area contributed by atoms with Crippen LogP contribution in [0.5, 0.6) is 0 Å². The van der Waals surface area contributed by atoms with Gasteiger partial charge in [0.2, 0.25) is 0 Å². The van der Waals surface area contributed by atoms with Gasteiger partial charge in [0.25, 0.3) is 0 Å². The van der Waals surface area contributed by atoms with Gasteiger partial charge in [-0.05, 0) is 40.9 Å². The zero-order chi connectivity index (χ0) is 27.3. The standard InChI is InChI=1S/C5H11NS.C5H9NS.C5H5NS.C3H4OS.CH3I.CH4.5HI.2V/c3*6-2-1-5-3-7-4-5;4-3-1-5-2-3;1-2;;;;;;;;/h5H,1-4,6H2;1H,2-4,6H2;1H,3-4H2;1-2H2;1H3;1H4;5*1H;;/q;;;;;;;;;;;+2;+3/p-5. The Morgan fingerprint density at radius 2 is 1.36 bits per heavy atom. The second-order valence-corrected chi connectivity index (χ2v) is 57.5. The summed E-state index contributed by atoms with van der Waals surface area (Å²) in [5, 5.41) is 8.07. The van der Waals surface area contributed by atoms with E-state index in [2.05, 4.69) is 129 Å². The van der Waals surface area contributed by atoms with Gasteiger partial charge >= 0.3 is 114 Å². The van der Waals surface area contributed by atoms with Crippen molar-refractivity contribution >= 4 is 175 Å². The summed E-state index contributed by atoms with van der Waals surface area (Å²) in [6.45, 7) is 1.60. The molecule has 4 N–H and O–H groups in total. The van der Waals surface area contributed by atoms with Gasteiger partial charge in [0, 0.05) is 35.6 Å². The third-order valence-corrected chi connectivity index (χ3v) is 8.40. The van der Waals surface area contributed by atoms with E-state index in [1.54, 1.807) is 17.8 Å². The molecule has 4 aliphatic rings. The molecule has 4 aliphatic heterocycles. The number of hydrogen-bond donors (Lipinski definition) is 2. The van der Waals surface area contributed by atoms with E-state index in [0.717, 1.165) is 42.0 Å². The van der Waals surface area contributed by atoms with Crippen LogP contribution in [0.4, 0.5) is 0 Å². The zero-order valence-electron chi connectivity index (χ0n) is 19.3. The fourth-order valence-electron chi connectivity index (χ4n) is 1.77. The van der Waals surface area contributed by atoms with Crippen molar-refractivity contribution in [1.29, 1.82) is 5.26 Å². The van der Waals surface area contributed by atoms with Crippen LogP contribution in [0.25, 0.3) is 0 Å². The van der Waals surface area contributed by atoms with Crippen LogP contribution in [-0.4, -0.2) is 69.8 Å². The molecule has 4 heterocycles. The molecule has 213 valence electrons. The number of nitriles is 1. The second kappa shape index (κ2) is 40.5. The van der Waals surface area contributed by atoms with Gasteiger partial charge in [-0.3, -0.25) is 4.79 Å². The van der Waals surface area contributed by atoms with Crippen molar-refractivity contribution in [2.75, 3.05) is 64.0 Å². The fourth-order valence-corrected chi connectivity index (χ4v) is 4.33. The molecule has 4 saturated heterocycles. The molecule has 0 atom stereocenters. The average molecular weight is 1330 g/mol. The Balaban J connectivity index is -0.000000171. The molecule has 0 spiro atoms. The molecule has 36 heavy (non-hydrogen) atoms. The van der Waals surface area contributed by atoms with Crippen LogP contribution in [0.1, 0.15) is 13.8 Å². The Morgan fingerprint density at radius 1 is 0.972 bits per heavy atom. The number of carbonyl (C=O) groups is 1. The van der Waals surface area contributed by atoms with E-state index in [9.17, 15) is 4.79 Å². The van der Waals surface area contributed by atoms with Gasteiger partial charge in [0.05, 0.1) is 17.6 Å². The normalized spacial score (nSPS) is 15.9. The Hall–Kier alpha value is 5.51. The average Bonchev–Trinajstić information content (AvgIpc) is 2.72. The van der Waals surface area contributed by atoms with E-state index in [1.807, 2.05) is 46.3 Å². The van der Waals surface area contributed by atoms with Crippen molar-refractivity contribution in [2.24, 2.45) is 17.4 Å². The van der Waals surface area contributed by atoms with E-state index in [-0.39, 0.29) is 12.3 Å². The minimum atomic E-state index is -0.278. The predicted molar refractivity (Wildman–Crippen MR) is 219 cm³/mol. The van der Waals surface area contributed by atoms with Crippen molar-refractivity contribution in [3.63, 3.8) is 0 Å². The van der Waals surface area contributed by atoms with E-state index in [1.165, 1.54) is 40.6 Å². The molecule has 0 amide bonds. The van der Waals surface area contributed by atoms with Gasteiger partial charge in [-0.2, -0.15) is 40.5 Å². The van der Waals surface area contributed by atoms with Crippen LogP contribution in [0.3, 0.4) is 0 Å². The first-order chi connectivity index (χ1) is 16.8. The number of Topliss-reactive ketones (excluding diaryl/α,β-unsaturated/α-hetero) is 1. The van der Waals surface area contributed by atoms with Gasteiger partial charge in [-0.25, -0.2) is 0 Å². The molecule has 0 unspecified atom stereocenters. The van der Waals surface area contributed by atoms with Crippen molar-refractivity contribution in [3.8, 4) is 6.07 Å². The molecule has 0 saturated carbocycles. The molecule has 0 aliphatic carbocycles. The molecule has 0 bridgehead atoms. The molecule has 0 aromatic carbocycles. The summed E-state index contributed by atoms with van der Waals surface area (Å²) in [5.74, 6) is 10.2. The predicted octanol–water partition coefficient (Wildman–Crippen LogP) is 8.91. The second-order valence-electron chi connectivity index (χ2n) is 6.28. The van der Waals surface area contributed by atoms with Gasteiger partial charge in [-0.1, -0.05) is 41.7 Å². The van der Waals surface area contributed by atoms with E-state index < -0.39 is 0 Å². The summed E-state index contributed by atoms with van der Waals surface area (Å²) in [4.78, 5) is 11.6. The number of thioether (sulfide) groups is 4. The van der Waals surface area contributed by atoms with Crippen LogP contribution < -0.4 is 11.5 Å². The van der Waals surface area contributed by atoms with Crippen molar-refractivity contribution in [3.05, 3.63) is 23.3 Å². The number of rotatable bonds is 3. The Morgan fingerprint density at radius 3 is 1.44 bits per heavy atom. The van der Waals surface area contributed by atoms with Crippen LogP contribution in [0.15, 0.2) is 23.3 Å². The first-order valence-electron chi connectivity index (χ1n) is 9.90. The van der Waals surface area contributed by atoms with Crippen LogP contribution in [-0.2, 0) is 19.2 Å². The zero-order valence-corrected chi connectivity index (χ0v) is 38.3. The molecule has 16 heteroatoms. The SMILES string of the molecule is C.CI.N#CC=C1CSC1.NCC=C1CSC1.NCCC1CSC1.O=C1CSC1.[I][V]([I])[I].[I][V][I]. The fraction of sp³-hybridized carbons (Fsp3) is 0.700. The molecule has 4 fully saturated rings. The first-order valence-corrected chi connectivity index (χ1v) is 39.2. The van der Waals surface area contributed by atoms with Gasteiger partial charge in [0.1, 0.15) is 0 Å². The minimum absolute atomic E-state index is 0. The summed E-state index contributed by atoms with van der Waals surface area (Å²) < 4.78 is 0. The monoisotopic (exact) mass is 1330 g/mol. The van der Waals surface area contributed by atoms with Gasteiger partial charge in [-0.15, -0.1) is 11.8 Å². The van der Waals surface area contributed by atoms with E-state index in [4.69, 9.17) is 16.7 Å². The van der Waals surface area contributed by atoms with Crippen LogP contribution >= 0.6 is 170 Å². The quantitative estimate of drug-likeness (QED) is 0.125. The van der Waals surface area contributed by atoms with Crippen molar-refractivity contribution in [1.82, 2.24) is 0 Å². The van der Waals surface area contributed by atoms with Gasteiger partial charge < -0.3 is 11.5 Å². The number of halogens is 6. The van der Waals surface area contributed by atoms with Crippen LogP contribution in [0.2, 0.25) is 0 Å². The maximum atomic E-state index is 9.88. The number of nitrogens with two attached hydrogens (primary N) is 2. The molecule has 0 aromatic heterocycles. The summed E-state index contributed by atoms with van der Waals surface area (Å²) in [6, 6.07) is 1.99. The Kier molecular flexibility index (Phi) is 54.5. The summed E-state index contributed by atoms with van der Waals surface area (Å²) in [6.07, 6.45) is 4.99. The van der Waals surface area contributed by atoms with E-state index in [0.29, 0.717) is 15.2 Å². The number of allylic oxidation sites excluding steroid dienone is 1. The topological polar surface area (TPSA) is 92.9 Å². The molecule has 0 aromatic rings. The van der Waals surface area contributed by atoms with Crippen molar-refractivity contribution < 1.29 is 19.2 Å². The molecule has 0 radical (unpaired) electrons. The first kappa shape index (κ1) is 48.4.